The van der Waals surface area contributed by atoms with Crippen molar-refractivity contribution in [3.05, 3.63) is 48.0 Å². The maximum atomic E-state index is 5.54. The van der Waals surface area contributed by atoms with Gasteiger partial charge in [0.05, 0.1) is 6.54 Å². The van der Waals surface area contributed by atoms with Crippen LogP contribution in [-0.4, -0.2) is 23.1 Å². The molecule has 0 saturated heterocycles. The maximum Gasteiger partial charge on any atom is 0.127 e. The van der Waals surface area contributed by atoms with Gasteiger partial charge >= 0.3 is 0 Å². The summed E-state index contributed by atoms with van der Waals surface area (Å²) in [6.45, 7) is 1.50. The van der Waals surface area contributed by atoms with Gasteiger partial charge in [0.1, 0.15) is 5.82 Å². The Kier molecular flexibility index (Phi) is 3.99. The molecule has 0 unspecified atom stereocenters. The van der Waals surface area contributed by atoms with Crippen LogP contribution in [0.3, 0.4) is 0 Å². The summed E-state index contributed by atoms with van der Waals surface area (Å²) in [4.78, 5) is 6.52. The Hall–Kier alpha value is -1.81. The van der Waals surface area contributed by atoms with Gasteiger partial charge in [-0.25, -0.2) is 4.98 Å². The van der Waals surface area contributed by atoms with Crippen LogP contribution >= 0.6 is 0 Å². The fraction of sp³-hybridized carbons (Fsp3) is 0.357. The molecule has 0 fully saturated rings. The summed E-state index contributed by atoms with van der Waals surface area (Å²) in [6, 6.07) is 8.54. The van der Waals surface area contributed by atoms with E-state index in [4.69, 9.17) is 5.73 Å². The zero-order chi connectivity index (χ0) is 13.0. The van der Waals surface area contributed by atoms with E-state index >= 15 is 0 Å². The van der Waals surface area contributed by atoms with Gasteiger partial charge in [0, 0.05) is 32.2 Å². The first-order chi connectivity index (χ1) is 8.70. The van der Waals surface area contributed by atoms with Crippen molar-refractivity contribution >= 4 is 5.69 Å². The van der Waals surface area contributed by atoms with Gasteiger partial charge in [0.25, 0.3) is 0 Å². The molecule has 0 aliphatic rings. The third-order valence-electron chi connectivity index (χ3n) is 3.11. The minimum atomic E-state index is 0.697. The zero-order valence-corrected chi connectivity index (χ0v) is 11.0. The van der Waals surface area contributed by atoms with Gasteiger partial charge in [-0.1, -0.05) is 12.1 Å². The van der Waals surface area contributed by atoms with E-state index in [2.05, 4.69) is 41.2 Å². The van der Waals surface area contributed by atoms with Gasteiger partial charge in [-0.05, 0) is 30.7 Å². The highest BCUT2D eigenvalue weighted by Crippen LogP contribution is 2.16. The highest BCUT2D eigenvalue weighted by molar-refractivity contribution is 5.46. The Morgan fingerprint density at radius 1 is 1.28 bits per heavy atom. The molecule has 2 aromatic rings. The van der Waals surface area contributed by atoms with Gasteiger partial charge in [-0.15, -0.1) is 0 Å². The van der Waals surface area contributed by atoms with Crippen molar-refractivity contribution in [2.75, 3.05) is 18.5 Å². The van der Waals surface area contributed by atoms with E-state index in [1.54, 1.807) is 0 Å². The molecule has 18 heavy (non-hydrogen) atoms. The largest absolute Gasteiger partial charge is 0.367 e. The first-order valence-corrected chi connectivity index (χ1v) is 6.17. The number of hydrogen-bond donors (Lipinski definition) is 1. The number of benzene rings is 1. The van der Waals surface area contributed by atoms with E-state index in [-0.39, 0.29) is 0 Å². The normalized spacial score (nSPS) is 10.6. The quantitative estimate of drug-likeness (QED) is 0.868. The number of nitrogens with two attached hydrogens (primary N) is 1. The molecule has 0 aliphatic heterocycles. The van der Waals surface area contributed by atoms with Crippen LogP contribution in [0.5, 0.6) is 0 Å². The average molecular weight is 244 g/mol. The van der Waals surface area contributed by atoms with Gasteiger partial charge in [0.15, 0.2) is 0 Å². The highest BCUT2D eigenvalue weighted by Gasteiger charge is 2.05. The lowest BCUT2D eigenvalue weighted by Gasteiger charge is -2.19. The van der Waals surface area contributed by atoms with E-state index < -0.39 is 0 Å². The molecule has 0 bridgehead atoms. The molecule has 1 aromatic carbocycles. The van der Waals surface area contributed by atoms with Crippen LogP contribution in [0, 0.1) is 0 Å². The minimum Gasteiger partial charge on any atom is -0.367 e. The summed E-state index contributed by atoms with van der Waals surface area (Å²) >= 11 is 0. The zero-order valence-electron chi connectivity index (χ0n) is 11.0. The summed E-state index contributed by atoms with van der Waals surface area (Å²) in [5.74, 6) is 1.06. The summed E-state index contributed by atoms with van der Waals surface area (Å²) in [6.07, 6.45) is 4.73. The second-order valence-corrected chi connectivity index (χ2v) is 4.52. The molecule has 96 valence electrons. The maximum absolute atomic E-state index is 5.54. The lowest BCUT2D eigenvalue weighted by Crippen LogP contribution is -2.18. The van der Waals surface area contributed by atoms with Crippen LogP contribution in [0.15, 0.2) is 36.7 Å². The van der Waals surface area contributed by atoms with Crippen molar-refractivity contribution in [1.82, 2.24) is 9.55 Å². The summed E-state index contributed by atoms with van der Waals surface area (Å²) in [5.41, 5.74) is 8.02. The first kappa shape index (κ1) is 12.6. The van der Waals surface area contributed by atoms with Gasteiger partial charge < -0.3 is 15.2 Å². The van der Waals surface area contributed by atoms with Crippen molar-refractivity contribution in [2.45, 2.75) is 13.0 Å². The van der Waals surface area contributed by atoms with Gasteiger partial charge in [0.2, 0.25) is 0 Å². The molecule has 4 heteroatoms. The highest BCUT2D eigenvalue weighted by atomic mass is 15.2. The second kappa shape index (κ2) is 5.69. The molecule has 0 aliphatic carbocycles. The van der Waals surface area contributed by atoms with Crippen LogP contribution in [0.25, 0.3) is 0 Å². The molecule has 2 N–H and O–H groups in total. The average Bonchev–Trinajstić information content (AvgIpc) is 2.76. The fourth-order valence-corrected chi connectivity index (χ4v) is 1.94. The molecule has 0 radical (unpaired) electrons. The third kappa shape index (κ3) is 2.90. The van der Waals surface area contributed by atoms with E-state index in [1.807, 2.05) is 24.0 Å². The molecule has 0 saturated carbocycles. The minimum absolute atomic E-state index is 0.697. The molecule has 0 spiro atoms. The SMILES string of the molecule is CN(Cc1nccn1C)c1ccc(CCN)cc1. The van der Waals surface area contributed by atoms with E-state index in [0.29, 0.717) is 6.54 Å². The van der Waals surface area contributed by atoms with E-state index in [9.17, 15) is 0 Å². The van der Waals surface area contributed by atoms with E-state index in [0.717, 1.165) is 18.8 Å². The summed E-state index contributed by atoms with van der Waals surface area (Å²) in [7, 11) is 4.09. The van der Waals surface area contributed by atoms with Crippen LogP contribution in [0.1, 0.15) is 11.4 Å². The molecular weight excluding hydrogens is 224 g/mol. The number of hydrogen-bond acceptors (Lipinski definition) is 3. The monoisotopic (exact) mass is 244 g/mol. The number of anilines is 1. The Bertz CT molecular complexity index is 487. The standard InChI is InChI=1S/C14H20N4/c1-17-10-9-16-14(17)11-18(2)13-5-3-12(4-6-13)7-8-15/h3-6,9-10H,7-8,11,15H2,1-2H3. The smallest absolute Gasteiger partial charge is 0.127 e. The van der Waals surface area contributed by atoms with Crippen LogP contribution in [0.4, 0.5) is 5.69 Å². The van der Waals surface area contributed by atoms with Crippen LogP contribution in [-0.2, 0) is 20.0 Å². The predicted octanol–water partition coefficient (Wildman–Crippen LogP) is 1.56. The van der Waals surface area contributed by atoms with Crippen molar-refractivity contribution in [3.8, 4) is 0 Å². The van der Waals surface area contributed by atoms with Crippen LogP contribution in [0.2, 0.25) is 0 Å². The summed E-state index contributed by atoms with van der Waals surface area (Å²) in [5, 5.41) is 0. The fourth-order valence-electron chi connectivity index (χ4n) is 1.94. The number of rotatable bonds is 5. The Morgan fingerprint density at radius 3 is 2.56 bits per heavy atom. The number of nitrogens with zero attached hydrogens (tertiary/aromatic N) is 3. The molecule has 0 atom stereocenters. The topological polar surface area (TPSA) is 47.1 Å². The Balaban J connectivity index is 2.04. The summed E-state index contributed by atoms with van der Waals surface area (Å²) < 4.78 is 2.04. The lowest BCUT2D eigenvalue weighted by molar-refractivity contribution is 0.761. The third-order valence-corrected chi connectivity index (χ3v) is 3.11. The van der Waals surface area contributed by atoms with Crippen molar-refractivity contribution < 1.29 is 0 Å². The van der Waals surface area contributed by atoms with Crippen molar-refractivity contribution in [3.63, 3.8) is 0 Å². The molecule has 4 nitrogen and oxygen atoms in total. The van der Waals surface area contributed by atoms with Gasteiger partial charge in [-0.2, -0.15) is 0 Å². The van der Waals surface area contributed by atoms with Crippen molar-refractivity contribution in [1.29, 1.82) is 0 Å². The first-order valence-electron chi connectivity index (χ1n) is 6.17. The molecular formula is C14H20N4. The Morgan fingerprint density at radius 2 is 2.00 bits per heavy atom. The molecule has 0 amide bonds. The number of aromatic nitrogens is 2. The predicted molar refractivity (Wildman–Crippen MR) is 74.5 cm³/mol. The number of aryl methyl sites for hydroxylation is 1. The van der Waals surface area contributed by atoms with E-state index in [1.165, 1.54) is 11.3 Å². The van der Waals surface area contributed by atoms with Crippen molar-refractivity contribution in [2.24, 2.45) is 12.8 Å². The lowest BCUT2D eigenvalue weighted by atomic mass is 10.1. The molecule has 1 aromatic heterocycles. The molecule has 1 heterocycles. The van der Waals surface area contributed by atoms with Crippen LogP contribution < -0.4 is 10.6 Å². The second-order valence-electron chi connectivity index (χ2n) is 4.52. The Labute approximate surface area is 108 Å². The molecule has 2 rings (SSSR count). The van der Waals surface area contributed by atoms with Gasteiger partial charge in [-0.3, -0.25) is 0 Å². The number of imidazole rings is 1.